The zero-order valence-electron chi connectivity index (χ0n) is 14.6. The number of rotatable bonds is 6. The van der Waals surface area contributed by atoms with E-state index in [0.29, 0.717) is 5.30 Å². The van der Waals surface area contributed by atoms with Crippen LogP contribution in [0, 0.1) is 0 Å². The summed E-state index contributed by atoms with van der Waals surface area (Å²) >= 11 is 17.2. The van der Waals surface area contributed by atoms with Crippen LogP contribution in [0.2, 0.25) is 0 Å². The van der Waals surface area contributed by atoms with Crippen molar-refractivity contribution in [3.8, 4) is 0 Å². The van der Waals surface area contributed by atoms with Crippen LogP contribution in [-0.4, -0.2) is 15.7 Å². The first-order valence-electron chi connectivity index (χ1n) is 8.08. The molecule has 3 aromatic rings. The molecule has 0 atom stereocenters. The van der Waals surface area contributed by atoms with E-state index in [0.717, 1.165) is 10.6 Å². The molecular formula is C21H12Cl3O3PRe+5. The molecule has 0 amide bonds. The van der Waals surface area contributed by atoms with Gasteiger partial charge in [-0.15, -0.1) is 0 Å². The van der Waals surface area contributed by atoms with Gasteiger partial charge in [-0.3, -0.25) is 14.4 Å². The van der Waals surface area contributed by atoms with Gasteiger partial charge in [0.25, 0.3) is 15.7 Å². The van der Waals surface area contributed by atoms with Gasteiger partial charge >= 0.3 is 20.4 Å². The predicted octanol–water partition coefficient (Wildman–Crippen LogP) is 4.58. The zero-order valence-corrected chi connectivity index (χ0v) is 20.5. The molecule has 0 saturated carbocycles. The van der Waals surface area contributed by atoms with Crippen LogP contribution >= 0.6 is 42.7 Å². The van der Waals surface area contributed by atoms with Crippen molar-refractivity contribution in [2.24, 2.45) is 0 Å². The molecule has 0 aliphatic carbocycles. The monoisotopic (exact) mass is 635 g/mol. The predicted molar refractivity (Wildman–Crippen MR) is 116 cm³/mol. The second-order valence-electron chi connectivity index (χ2n) is 5.71. The number of hydrogen-bond acceptors (Lipinski definition) is 3. The molecule has 0 aromatic heterocycles. The van der Waals surface area contributed by atoms with Gasteiger partial charge in [0.1, 0.15) is 0 Å². The van der Waals surface area contributed by atoms with E-state index >= 15 is 0 Å². The van der Waals surface area contributed by atoms with Gasteiger partial charge in [-0.25, -0.2) is 0 Å². The summed E-state index contributed by atoms with van der Waals surface area (Å²) in [4.78, 5) is 36.2. The Morgan fingerprint density at radius 3 is 1.41 bits per heavy atom. The largest absolute Gasteiger partial charge is 5.00 e. The molecule has 0 aliphatic rings. The number of carbonyl (C=O) groups excluding carboxylic acids is 3. The van der Waals surface area contributed by atoms with Crippen LogP contribution in [0.3, 0.4) is 0 Å². The maximum Gasteiger partial charge on any atom is 5.00 e. The van der Waals surface area contributed by atoms with Crippen LogP contribution in [0.5, 0.6) is 0 Å². The summed E-state index contributed by atoms with van der Waals surface area (Å²) in [6.07, 6.45) is 0. The third-order valence-corrected chi connectivity index (χ3v) is 7.12. The van der Waals surface area contributed by atoms with E-state index in [1.54, 1.807) is 6.07 Å². The van der Waals surface area contributed by atoms with Crippen molar-refractivity contribution in [3.63, 3.8) is 0 Å². The van der Waals surface area contributed by atoms with E-state index in [1.165, 1.54) is 6.07 Å². The smallest absolute Gasteiger partial charge is 0.276 e. The van der Waals surface area contributed by atoms with E-state index in [1.807, 2.05) is 60.7 Å². The molecule has 0 radical (unpaired) electrons. The average Bonchev–Trinajstić information content (AvgIpc) is 2.69. The topological polar surface area (TPSA) is 51.2 Å². The second-order valence-corrected chi connectivity index (χ2v) is 8.93. The molecule has 0 heterocycles. The van der Waals surface area contributed by atoms with Gasteiger partial charge in [0.05, 0.1) is 11.1 Å². The van der Waals surface area contributed by atoms with Crippen molar-refractivity contribution in [2.75, 3.05) is 0 Å². The number of halogens is 3. The van der Waals surface area contributed by atoms with Crippen molar-refractivity contribution in [3.05, 3.63) is 89.5 Å². The van der Waals surface area contributed by atoms with E-state index in [-0.39, 0.29) is 37.1 Å². The fraction of sp³-hybridized carbons (Fsp3) is 0. The first-order valence-corrected chi connectivity index (χ1v) is 10.6. The Morgan fingerprint density at radius 1 is 0.586 bits per heavy atom. The van der Waals surface area contributed by atoms with Gasteiger partial charge in [0, 0.05) is 5.56 Å². The third-order valence-electron chi connectivity index (χ3n) is 4.06. The van der Waals surface area contributed by atoms with Crippen LogP contribution in [0.4, 0.5) is 0 Å². The van der Waals surface area contributed by atoms with Crippen LogP contribution in [0.15, 0.2) is 72.8 Å². The standard InChI is InChI=1S/C21H12Cl3O3P.Re/c22-19(25)15-11-12-16(18(21(24)27)17(15)20(23)26)28(13-7-3-1-4-8-13)14-9-5-2-6-10-14;/h1-12H;/q;+5. The van der Waals surface area contributed by atoms with Gasteiger partial charge in [-0.1, -0.05) is 66.7 Å². The van der Waals surface area contributed by atoms with Crippen LogP contribution in [-0.2, 0) is 20.4 Å². The molecule has 0 saturated heterocycles. The summed E-state index contributed by atoms with van der Waals surface area (Å²) in [5.74, 6) is 0. The minimum Gasteiger partial charge on any atom is -0.276 e. The van der Waals surface area contributed by atoms with Crippen molar-refractivity contribution < 1.29 is 34.8 Å². The minimum absolute atomic E-state index is 0. The van der Waals surface area contributed by atoms with Crippen molar-refractivity contribution in [1.29, 1.82) is 0 Å². The fourth-order valence-corrected chi connectivity index (χ4v) is 6.00. The molecule has 29 heavy (non-hydrogen) atoms. The van der Waals surface area contributed by atoms with E-state index < -0.39 is 23.6 Å². The Hall–Kier alpha value is -1.37. The van der Waals surface area contributed by atoms with Crippen LogP contribution in [0.1, 0.15) is 31.1 Å². The van der Waals surface area contributed by atoms with Crippen molar-refractivity contribution in [2.45, 2.75) is 0 Å². The molecular weight excluding hydrogens is 624 g/mol. The number of hydrogen-bond donors (Lipinski definition) is 0. The molecule has 0 N–H and O–H groups in total. The number of carbonyl (C=O) groups is 3. The SMILES string of the molecule is O=C(Cl)c1ccc(P(c2ccccc2)c2ccccc2)c(C(=O)Cl)c1C(=O)Cl.[Re+5]. The maximum absolute atomic E-state index is 12.3. The first kappa shape index (κ1) is 23.9. The zero-order chi connectivity index (χ0) is 20.3. The molecule has 3 aromatic carbocycles. The molecule has 8 heteroatoms. The van der Waals surface area contributed by atoms with E-state index in [2.05, 4.69) is 0 Å². The minimum atomic E-state index is -1.24. The number of benzene rings is 3. The molecule has 0 aliphatic heterocycles. The summed E-state index contributed by atoms with van der Waals surface area (Å²) < 4.78 is 0. The Kier molecular flexibility index (Phi) is 8.74. The summed E-state index contributed by atoms with van der Waals surface area (Å²) in [6, 6.07) is 22.1. The molecule has 3 rings (SSSR count). The Morgan fingerprint density at radius 2 is 1.03 bits per heavy atom. The molecule has 0 unspecified atom stereocenters. The molecule has 3 nitrogen and oxygen atoms in total. The second kappa shape index (κ2) is 10.6. The Labute approximate surface area is 197 Å². The Bertz CT molecular complexity index is 1020. The normalized spacial score (nSPS) is 10.3. The third kappa shape index (κ3) is 5.22. The molecule has 142 valence electrons. The molecule has 0 fully saturated rings. The van der Waals surface area contributed by atoms with Gasteiger partial charge in [-0.05, 0) is 64.7 Å². The van der Waals surface area contributed by atoms with Gasteiger partial charge < -0.3 is 0 Å². The van der Waals surface area contributed by atoms with Crippen molar-refractivity contribution >= 4 is 74.4 Å². The quantitative estimate of drug-likeness (QED) is 0.295. The van der Waals surface area contributed by atoms with Crippen LogP contribution in [0.25, 0.3) is 0 Å². The van der Waals surface area contributed by atoms with E-state index in [9.17, 15) is 14.4 Å². The van der Waals surface area contributed by atoms with Gasteiger partial charge in [0.2, 0.25) is 0 Å². The summed E-state index contributed by atoms with van der Waals surface area (Å²) in [6.45, 7) is 0. The average molecular weight is 636 g/mol. The van der Waals surface area contributed by atoms with Gasteiger partial charge in [-0.2, -0.15) is 0 Å². The van der Waals surface area contributed by atoms with Crippen LogP contribution < -0.4 is 15.9 Å². The van der Waals surface area contributed by atoms with Crippen molar-refractivity contribution in [1.82, 2.24) is 0 Å². The summed E-state index contributed by atoms with van der Waals surface area (Å²) in [7, 11) is -1.24. The maximum atomic E-state index is 12.3. The first-order chi connectivity index (χ1) is 13.4. The van der Waals surface area contributed by atoms with E-state index in [4.69, 9.17) is 34.8 Å². The molecule has 0 bridgehead atoms. The fourth-order valence-electron chi connectivity index (χ4n) is 2.93. The van der Waals surface area contributed by atoms with Gasteiger partial charge in [0.15, 0.2) is 0 Å². The molecule has 0 spiro atoms. The Balaban J connectivity index is 0.00000300. The summed E-state index contributed by atoms with van der Waals surface area (Å²) in [5.41, 5.74) is -0.504. The summed E-state index contributed by atoms with van der Waals surface area (Å²) in [5, 5.41) is -0.317.